The Hall–Kier alpha value is -2.32. The molecule has 3 unspecified atom stereocenters. The number of methoxy groups -OCH3 is 1. The third-order valence-electron chi connectivity index (χ3n) is 5.67. The highest BCUT2D eigenvalue weighted by Gasteiger charge is 2.45. The van der Waals surface area contributed by atoms with Gasteiger partial charge in [0, 0.05) is 18.0 Å². The van der Waals surface area contributed by atoms with E-state index < -0.39 is 35.7 Å². The minimum absolute atomic E-state index is 0.0929. The van der Waals surface area contributed by atoms with Crippen LogP contribution in [0.2, 0.25) is 5.02 Å². The number of amides is 2. The average molecular weight is 438 g/mol. The second-order valence-electron chi connectivity index (χ2n) is 8.85. The molecule has 30 heavy (non-hydrogen) atoms. The first-order chi connectivity index (χ1) is 14.0. The first-order valence-electron chi connectivity index (χ1n) is 9.88. The van der Waals surface area contributed by atoms with E-state index in [1.807, 2.05) is 32.9 Å². The number of fused-ring (bicyclic) bond motifs is 1. The summed E-state index contributed by atoms with van der Waals surface area (Å²) in [5.74, 6) is -0.917. The van der Waals surface area contributed by atoms with Crippen molar-refractivity contribution < 1.29 is 23.9 Å². The molecule has 0 bridgehead atoms. The van der Waals surface area contributed by atoms with E-state index >= 15 is 0 Å². The van der Waals surface area contributed by atoms with Crippen LogP contribution in [0.4, 0.5) is 4.79 Å². The highest BCUT2D eigenvalue weighted by molar-refractivity contribution is 6.31. The molecule has 3 rings (SSSR count). The Morgan fingerprint density at radius 1 is 1.23 bits per heavy atom. The lowest BCUT2D eigenvalue weighted by molar-refractivity contribution is -0.152. The molecule has 2 aliphatic rings. The van der Waals surface area contributed by atoms with Crippen LogP contribution in [-0.2, 0) is 32.2 Å². The molecule has 9 heteroatoms. The van der Waals surface area contributed by atoms with Crippen LogP contribution in [-0.4, -0.2) is 59.6 Å². The van der Waals surface area contributed by atoms with Gasteiger partial charge in [0.15, 0.2) is 0 Å². The van der Waals surface area contributed by atoms with Crippen LogP contribution in [0.5, 0.6) is 0 Å². The molecular weight excluding hydrogens is 410 g/mol. The van der Waals surface area contributed by atoms with E-state index in [4.69, 9.17) is 26.8 Å². The van der Waals surface area contributed by atoms with Crippen molar-refractivity contribution in [3.8, 4) is 0 Å². The number of esters is 1. The number of benzene rings is 1. The molecule has 1 saturated heterocycles. The molecule has 2 amide bonds. The predicted octanol–water partition coefficient (Wildman–Crippen LogP) is 2.31. The van der Waals surface area contributed by atoms with E-state index in [2.05, 4.69) is 0 Å². The highest BCUT2D eigenvalue weighted by atomic mass is 35.5. The molecule has 0 saturated carbocycles. The zero-order valence-electron chi connectivity index (χ0n) is 17.7. The SMILES string of the molecule is COC(=O)C1CC(OC(=O)N2Cc3cccc(Cl)c3C2)CN1C(=O)C(N)C(C)(C)C. The van der Waals surface area contributed by atoms with E-state index in [0.29, 0.717) is 18.1 Å². The summed E-state index contributed by atoms with van der Waals surface area (Å²) in [6, 6.07) is 3.92. The number of hydrogen-bond donors (Lipinski definition) is 1. The molecule has 1 fully saturated rings. The molecule has 1 aromatic carbocycles. The largest absolute Gasteiger partial charge is 0.467 e. The minimum atomic E-state index is -0.834. The molecule has 2 aliphatic heterocycles. The van der Waals surface area contributed by atoms with Crippen LogP contribution >= 0.6 is 11.6 Å². The second kappa shape index (κ2) is 8.43. The van der Waals surface area contributed by atoms with Gasteiger partial charge in [-0.25, -0.2) is 9.59 Å². The van der Waals surface area contributed by atoms with Crippen LogP contribution in [0.3, 0.4) is 0 Å². The number of carbonyl (C=O) groups is 3. The van der Waals surface area contributed by atoms with E-state index in [0.717, 1.165) is 11.1 Å². The maximum absolute atomic E-state index is 12.9. The van der Waals surface area contributed by atoms with Crippen LogP contribution in [0.15, 0.2) is 18.2 Å². The maximum Gasteiger partial charge on any atom is 0.410 e. The van der Waals surface area contributed by atoms with Crippen molar-refractivity contribution in [1.82, 2.24) is 9.80 Å². The van der Waals surface area contributed by atoms with Crippen molar-refractivity contribution in [2.24, 2.45) is 11.1 Å². The molecule has 164 valence electrons. The minimum Gasteiger partial charge on any atom is -0.467 e. The Labute approximate surface area is 181 Å². The van der Waals surface area contributed by atoms with Gasteiger partial charge < -0.3 is 20.1 Å². The number of rotatable bonds is 3. The summed E-state index contributed by atoms with van der Waals surface area (Å²) in [7, 11) is 1.26. The van der Waals surface area contributed by atoms with Gasteiger partial charge in [0.25, 0.3) is 0 Å². The van der Waals surface area contributed by atoms with Crippen LogP contribution < -0.4 is 5.73 Å². The quantitative estimate of drug-likeness (QED) is 0.728. The van der Waals surface area contributed by atoms with Gasteiger partial charge in [-0.05, 0) is 22.6 Å². The molecule has 2 N–H and O–H groups in total. The van der Waals surface area contributed by atoms with Crippen molar-refractivity contribution in [3.05, 3.63) is 34.3 Å². The van der Waals surface area contributed by atoms with Crippen molar-refractivity contribution >= 4 is 29.6 Å². The molecule has 8 nitrogen and oxygen atoms in total. The zero-order valence-corrected chi connectivity index (χ0v) is 18.4. The Kier molecular flexibility index (Phi) is 6.29. The first kappa shape index (κ1) is 22.4. The van der Waals surface area contributed by atoms with Crippen molar-refractivity contribution in [2.45, 2.75) is 58.5 Å². The smallest absolute Gasteiger partial charge is 0.410 e. The van der Waals surface area contributed by atoms with Crippen molar-refractivity contribution in [1.29, 1.82) is 0 Å². The number of nitrogens with zero attached hydrogens (tertiary/aromatic N) is 2. The van der Waals surface area contributed by atoms with Gasteiger partial charge in [-0.2, -0.15) is 0 Å². The Morgan fingerprint density at radius 2 is 1.93 bits per heavy atom. The van der Waals surface area contributed by atoms with Gasteiger partial charge in [-0.1, -0.05) is 44.5 Å². The Bertz CT molecular complexity index is 854. The van der Waals surface area contributed by atoms with Crippen molar-refractivity contribution in [2.75, 3.05) is 13.7 Å². The Morgan fingerprint density at radius 3 is 2.53 bits per heavy atom. The van der Waals surface area contributed by atoms with Gasteiger partial charge in [0.05, 0.1) is 26.2 Å². The zero-order chi connectivity index (χ0) is 22.2. The topological polar surface area (TPSA) is 102 Å². The average Bonchev–Trinajstić information content (AvgIpc) is 3.30. The molecular formula is C21H28ClN3O5. The van der Waals surface area contributed by atoms with E-state index in [-0.39, 0.29) is 18.9 Å². The highest BCUT2D eigenvalue weighted by Crippen LogP contribution is 2.31. The summed E-state index contributed by atoms with van der Waals surface area (Å²) in [4.78, 5) is 40.8. The Balaban J connectivity index is 1.68. The van der Waals surface area contributed by atoms with Gasteiger partial charge in [0.2, 0.25) is 5.91 Å². The molecule has 0 aromatic heterocycles. The third kappa shape index (κ3) is 4.39. The van der Waals surface area contributed by atoms with Gasteiger partial charge >= 0.3 is 12.1 Å². The molecule has 0 radical (unpaired) electrons. The fourth-order valence-corrected chi connectivity index (χ4v) is 4.02. The summed E-state index contributed by atoms with van der Waals surface area (Å²) >= 11 is 6.21. The molecule has 2 heterocycles. The van der Waals surface area contributed by atoms with E-state index in [1.54, 1.807) is 11.0 Å². The maximum atomic E-state index is 12.9. The lowest BCUT2D eigenvalue weighted by Gasteiger charge is -2.32. The number of hydrogen-bond acceptors (Lipinski definition) is 6. The lowest BCUT2D eigenvalue weighted by Crippen LogP contribution is -2.53. The van der Waals surface area contributed by atoms with Crippen LogP contribution in [0.1, 0.15) is 38.3 Å². The monoisotopic (exact) mass is 437 g/mol. The predicted molar refractivity (Wildman–Crippen MR) is 111 cm³/mol. The summed E-state index contributed by atoms with van der Waals surface area (Å²) < 4.78 is 10.5. The summed E-state index contributed by atoms with van der Waals surface area (Å²) in [6.45, 7) is 6.42. The standard InChI is InChI=1S/C21H28ClN3O5/c1-21(2,3)17(23)18(26)25-10-13(8-16(25)19(27)29-4)30-20(28)24-9-12-6-5-7-15(22)14(12)11-24/h5-7,13,16-17H,8-11,23H2,1-4H3. The molecule has 1 aromatic rings. The number of nitrogens with two attached hydrogens (primary N) is 1. The van der Waals surface area contributed by atoms with Crippen LogP contribution in [0.25, 0.3) is 0 Å². The second-order valence-corrected chi connectivity index (χ2v) is 9.26. The van der Waals surface area contributed by atoms with Gasteiger partial charge in [-0.3, -0.25) is 9.69 Å². The summed E-state index contributed by atoms with van der Waals surface area (Å²) in [6.07, 6.45) is -0.968. The normalized spacial score (nSPS) is 21.9. The van der Waals surface area contributed by atoms with E-state index in [9.17, 15) is 14.4 Å². The number of carbonyl (C=O) groups excluding carboxylic acids is 3. The lowest BCUT2D eigenvalue weighted by atomic mass is 9.86. The third-order valence-corrected chi connectivity index (χ3v) is 6.02. The molecule has 3 atom stereocenters. The van der Waals surface area contributed by atoms with Gasteiger partial charge in [0.1, 0.15) is 12.1 Å². The van der Waals surface area contributed by atoms with Crippen LogP contribution in [0, 0.1) is 5.41 Å². The number of ether oxygens (including phenoxy) is 2. The first-order valence-corrected chi connectivity index (χ1v) is 10.3. The fraction of sp³-hybridized carbons (Fsp3) is 0.571. The molecule has 0 aliphatic carbocycles. The van der Waals surface area contributed by atoms with Crippen molar-refractivity contribution in [3.63, 3.8) is 0 Å². The fourth-order valence-electron chi connectivity index (χ4n) is 3.76. The summed E-state index contributed by atoms with van der Waals surface area (Å²) in [5.41, 5.74) is 7.52. The molecule has 0 spiro atoms. The number of halogens is 1. The van der Waals surface area contributed by atoms with Gasteiger partial charge in [-0.15, -0.1) is 0 Å². The van der Waals surface area contributed by atoms with E-state index in [1.165, 1.54) is 12.0 Å². The summed E-state index contributed by atoms with van der Waals surface area (Å²) in [5, 5.41) is 0.613. The number of likely N-dealkylation sites (tertiary alicyclic amines) is 1.